The Morgan fingerprint density at radius 2 is 0.835 bits per heavy atom. The molecule has 3 aromatic carbocycles. The van der Waals surface area contributed by atoms with Crippen LogP contribution in [0.15, 0.2) is 91.0 Å². The molecule has 6 heterocycles. The zero-order chi connectivity index (χ0) is 64.6. The summed E-state index contributed by atoms with van der Waals surface area (Å²) in [7, 11) is 10.3. The average Bonchev–Trinajstić information content (AvgIpc) is 1.92. The van der Waals surface area contributed by atoms with Crippen LogP contribution in [0, 0.1) is 34.0 Å². The number of pyridine rings is 3. The number of nitrogens with zero attached hydrogens (tertiary/aromatic N) is 9. The molecule has 12 rings (SSSR count). The van der Waals surface area contributed by atoms with Crippen LogP contribution in [0.25, 0.3) is 16.7 Å². The number of nitriles is 3. The first-order valence-electron chi connectivity index (χ1n) is 29.8. The van der Waals surface area contributed by atoms with Crippen molar-refractivity contribution >= 4 is 68.8 Å². The number of methoxy groups -OCH3 is 3. The summed E-state index contributed by atoms with van der Waals surface area (Å²) in [4.78, 5) is 56.8. The van der Waals surface area contributed by atoms with Crippen LogP contribution < -0.4 is 35.9 Å². The molecule has 3 aliphatic heterocycles. The topological polar surface area (TPSA) is 288 Å². The van der Waals surface area contributed by atoms with E-state index in [2.05, 4.69) is 39.1 Å². The Balaban J connectivity index is 0.000000150. The minimum Gasteiger partial charge on any atom is -0.496 e. The second-order valence-corrected chi connectivity index (χ2v) is 21.8. The van der Waals surface area contributed by atoms with Gasteiger partial charge in [0.05, 0.1) is 119 Å². The van der Waals surface area contributed by atoms with Crippen molar-refractivity contribution in [2.45, 2.75) is 32.1 Å². The predicted molar refractivity (Wildman–Crippen MR) is 347 cm³/mol. The van der Waals surface area contributed by atoms with Crippen LogP contribution >= 0.6 is 11.6 Å². The van der Waals surface area contributed by atoms with Gasteiger partial charge in [-0.1, -0.05) is 42.0 Å². The van der Waals surface area contributed by atoms with Crippen molar-refractivity contribution < 1.29 is 42.8 Å². The molecule has 91 heavy (non-hydrogen) atoms. The molecule has 0 bridgehead atoms. The van der Waals surface area contributed by atoms with E-state index < -0.39 is 0 Å². The number of halogens is 1. The highest BCUT2D eigenvalue weighted by Crippen LogP contribution is 2.37. The summed E-state index contributed by atoms with van der Waals surface area (Å²) in [5.41, 5.74) is 21.8. The van der Waals surface area contributed by atoms with E-state index in [1.54, 1.807) is 72.4 Å². The molecule has 0 radical (unpaired) electrons. The lowest BCUT2D eigenvalue weighted by atomic mass is 10.0. The van der Waals surface area contributed by atoms with Crippen LogP contribution in [0.2, 0.25) is 5.15 Å². The molecule has 3 aromatic heterocycles. The first kappa shape index (κ1) is 65.4. The molecule has 3 amide bonds. The molecule has 5 N–H and O–H groups in total. The normalized spacial score (nSPS) is 15.0. The van der Waals surface area contributed by atoms with Crippen molar-refractivity contribution in [1.82, 2.24) is 29.7 Å². The van der Waals surface area contributed by atoms with Gasteiger partial charge in [0.25, 0.3) is 17.7 Å². The Hall–Kier alpha value is -10.0. The van der Waals surface area contributed by atoms with Crippen LogP contribution in [0.1, 0.15) is 87.4 Å². The average molecular weight is 1250 g/mol. The largest absolute Gasteiger partial charge is 0.496 e. The Morgan fingerprint density at radius 1 is 0.505 bits per heavy atom. The summed E-state index contributed by atoms with van der Waals surface area (Å²) in [6, 6.07) is 28.5. The van der Waals surface area contributed by atoms with E-state index >= 15 is 0 Å². The quantitative estimate of drug-likeness (QED) is 0.0624. The van der Waals surface area contributed by atoms with E-state index in [0.717, 1.165) is 73.3 Å². The van der Waals surface area contributed by atoms with Gasteiger partial charge in [0, 0.05) is 165 Å². The van der Waals surface area contributed by atoms with Gasteiger partial charge in [0.2, 0.25) is 0 Å². The molecular formula is C68H72ClN13O9. The first-order chi connectivity index (χ1) is 44.3. The van der Waals surface area contributed by atoms with E-state index in [0.29, 0.717) is 173 Å². The monoisotopic (exact) mass is 1250 g/mol. The number of morpholine rings is 3. The second kappa shape index (κ2) is 30.9. The maximum absolute atomic E-state index is 12.8. The summed E-state index contributed by atoms with van der Waals surface area (Å²) in [5, 5.41) is 37.4. The number of nitrogens with one attached hydrogen (secondary N) is 3. The Kier molecular flexibility index (Phi) is 22.2. The van der Waals surface area contributed by atoms with Gasteiger partial charge in [-0.15, -0.1) is 0 Å². The Labute approximate surface area is 534 Å². The summed E-state index contributed by atoms with van der Waals surface area (Å²) < 4.78 is 32.1. The van der Waals surface area contributed by atoms with E-state index in [-0.39, 0.29) is 17.7 Å². The van der Waals surface area contributed by atoms with Crippen LogP contribution in [-0.2, 0) is 46.3 Å². The van der Waals surface area contributed by atoms with Gasteiger partial charge in [0.1, 0.15) is 22.4 Å². The number of hydrogen-bond acceptors (Lipinski definition) is 19. The SMILES string of the molecule is CNc1cc(Cc2ccc(C(=O)N3CCOCC3)cc2OC)nc2c1C(C#N)=CC2.CNc1cc(Cc2ccc(C(=O)N3CCOCC3)cc2OC)nc2c1C(C#N)=CC2.CNc1cc(Cl)nc2c1C(C#N)=CC2.COc1cc(C(=O)N2CCOCC2)ccc1N. The molecule has 3 aliphatic carbocycles. The van der Waals surface area contributed by atoms with E-state index in [1.165, 1.54) is 7.11 Å². The standard InChI is InChI=1S/2C23H24N4O3.C12H16N2O3.C10H8ClN3/c2*1-25-20-13-18(26-19-6-5-17(14-24)22(19)20)11-15-3-4-16(12-21(15)29-2)23(28)27-7-9-30-10-8-27;1-16-11-8-9(2-3-10(11)13)12(15)14-4-6-17-7-5-14;1-13-8-4-9(11)14-7-3-2-6(5-12)10(7)8/h2*3-5,12-13H,6-11H2,1-2H3,(H,25,26);2-3,8H,4-7,13H2,1H3;2,4H,3H2,1H3,(H,13,14). The fraction of sp³-hybridized carbons (Fsp3) is 0.338. The Morgan fingerprint density at radius 3 is 1.18 bits per heavy atom. The zero-order valence-corrected chi connectivity index (χ0v) is 52.6. The van der Waals surface area contributed by atoms with E-state index in [1.807, 2.05) is 68.7 Å². The number of ether oxygens (including phenoxy) is 6. The lowest BCUT2D eigenvalue weighted by Gasteiger charge is -2.27. The van der Waals surface area contributed by atoms with Crippen LogP contribution in [-0.4, -0.2) is 169 Å². The first-order valence-corrected chi connectivity index (χ1v) is 30.1. The lowest BCUT2D eigenvalue weighted by Crippen LogP contribution is -2.40. The number of amides is 3. The van der Waals surface area contributed by atoms with Crippen LogP contribution in [0.4, 0.5) is 22.7 Å². The molecule has 0 saturated carbocycles. The Bertz CT molecular complexity index is 3770. The van der Waals surface area contributed by atoms with Gasteiger partial charge < -0.3 is 64.8 Å². The fourth-order valence-corrected chi connectivity index (χ4v) is 11.5. The highest BCUT2D eigenvalue weighted by molar-refractivity contribution is 6.29. The number of carbonyl (C=O) groups excluding carboxylic acids is 3. The van der Waals surface area contributed by atoms with Crippen molar-refractivity contribution in [3.05, 3.63) is 169 Å². The smallest absolute Gasteiger partial charge is 0.254 e. The zero-order valence-electron chi connectivity index (χ0n) is 51.8. The third kappa shape index (κ3) is 15.4. The molecule has 3 saturated heterocycles. The van der Waals surface area contributed by atoms with Crippen molar-refractivity contribution in [2.75, 3.05) is 143 Å². The van der Waals surface area contributed by atoms with Gasteiger partial charge >= 0.3 is 0 Å². The number of aromatic nitrogens is 3. The predicted octanol–water partition coefficient (Wildman–Crippen LogP) is 8.31. The van der Waals surface area contributed by atoms with Crippen LogP contribution in [0.5, 0.6) is 17.2 Å². The molecule has 22 nitrogen and oxygen atoms in total. The number of carbonyl (C=O) groups is 3. The number of fused-ring (bicyclic) bond motifs is 3. The number of nitrogens with two attached hydrogens (primary N) is 1. The minimum atomic E-state index is -0.00798. The number of anilines is 4. The number of hydrogen-bond donors (Lipinski definition) is 4. The summed E-state index contributed by atoms with van der Waals surface area (Å²) >= 11 is 5.84. The highest BCUT2D eigenvalue weighted by atomic mass is 35.5. The second-order valence-electron chi connectivity index (χ2n) is 21.4. The highest BCUT2D eigenvalue weighted by Gasteiger charge is 2.27. The third-order valence-corrected chi connectivity index (χ3v) is 16.2. The van der Waals surface area contributed by atoms with Gasteiger partial charge in [-0.2, -0.15) is 15.8 Å². The van der Waals surface area contributed by atoms with Crippen molar-refractivity contribution in [3.8, 4) is 35.5 Å². The van der Waals surface area contributed by atoms with E-state index in [4.69, 9.17) is 61.0 Å². The summed E-state index contributed by atoms with van der Waals surface area (Å²) in [5.74, 6) is 1.84. The van der Waals surface area contributed by atoms with E-state index in [9.17, 15) is 24.9 Å². The molecule has 3 fully saturated rings. The summed E-state index contributed by atoms with van der Waals surface area (Å²) in [6.07, 6.45) is 8.83. The molecule has 470 valence electrons. The maximum atomic E-state index is 12.8. The molecule has 6 aromatic rings. The molecule has 0 spiro atoms. The minimum absolute atomic E-state index is 0.00778. The number of benzene rings is 3. The molecule has 0 atom stereocenters. The number of allylic oxidation sites excluding steroid dienone is 6. The number of nitrogen functional groups attached to an aromatic ring is 1. The van der Waals surface area contributed by atoms with Gasteiger partial charge in [0.15, 0.2) is 0 Å². The molecule has 0 unspecified atom stereocenters. The van der Waals surface area contributed by atoms with Gasteiger partial charge in [-0.05, 0) is 60.7 Å². The summed E-state index contributed by atoms with van der Waals surface area (Å²) in [6.45, 7) is 7.15. The van der Waals surface area contributed by atoms with Crippen molar-refractivity contribution in [3.63, 3.8) is 0 Å². The van der Waals surface area contributed by atoms with Gasteiger partial charge in [-0.25, -0.2) is 4.98 Å². The molecular weight excluding hydrogens is 1180 g/mol. The third-order valence-electron chi connectivity index (χ3n) is 16.0. The fourth-order valence-electron chi connectivity index (χ4n) is 11.3. The van der Waals surface area contributed by atoms with Crippen molar-refractivity contribution in [1.29, 1.82) is 15.8 Å². The van der Waals surface area contributed by atoms with Gasteiger partial charge in [-0.3, -0.25) is 24.4 Å². The number of rotatable bonds is 13. The van der Waals surface area contributed by atoms with Crippen LogP contribution in [0.3, 0.4) is 0 Å². The molecule has 23 heteroatoms. The maximum Gasteiger partial charge on any atom is 0.254 e. The van der Waals surface area contributed by atoms with Crippen molar-refractivity contribution in [2.24, 2.45) is 0 Å². The lowest BCUT2D eigenvalue weighted by molar-refractivity contribution is 0.0301. The molecule has 6 aliphatic rings.